The molecule has 0 aliphatic heterocycles. The number of anilines is 1. The zero-order valence-corrected chi connectivity index (χ0v) is 18.9. The van der Waals surface area contributed by atoms with Gasteiger partial charge in [-0.15, -0.1) is 0 Å². The number of aromatic nitrogens is 1. The smallest absolute Gasteiger partial charge is 0.253 e. The molecule has 1 saturated carbocycles. The Balaban J connectivity index is 0.000000352. The van der Waals surface area contributed by atoms with E-state index in [1.54, 1.807) is 30.3 Å². The summed E-state index contributed by atoms with van der Waals surface area (Å²) in [5.41, 5.74) is 2.45. The van der Waals surface area contributed by atoms with Gasteiger partial charge >= 0.3 is 0 Å². The molecule has 0 atom stereocenters. The Morgan fingerprint density at radius 2 is 1.75 bits per heavy atom. The van der Waals surface area contributed by atoms with E-state index in [9.17, 15) is 9.59 Å². The molecule has 2 aromatic carbocycles. The largest absolute Gasteiger partial charge is 0.343 e. The lowest BCUT2D eigenvalue weighted by atomic mass is 9.94. The molecule has 1 heterocycles. The SMILES string of the molecule is Cc1ccccc1.O=C(CNC(=O)c1cccnc1)Nc1ccc(SNC2CCC2)cc1. The van der Waals surface area contributed by atoms with Crippen LogP contribution in [0.3, 0.4) is 0 Å². The first kappa shape index (κ1) is 23.5. The van der Waals surface area contributed by atoms with Crippen LogP contribution in [0.2, 0.25) is 0 Å². The van der Waals surface area contributed by atoms with Crippen LogP contribution in [0, 0.1) is 6.92 Å². The van der Waals surface area contributed by atoms with Gasteiger partial charge in [-0.2, -0.15) is 0 Å². The summed E-state index contributed by atoms with van der Waals surface area (Å²) < 4.78 is 3.42. The number of nitrogens with zero attached hydrogens (tertiary/aromatic N) is 1. The highest BCUT2D eigenvalue weighted by Crippen LogP contribution is 2.24. The highest BCUT2D eigenvalue weighted by atomic mass is 32.2. The van der Waals surface area contributed by atoms with Gasteiger partial charge in [0.2, 0.25) is 5.91 Å². The Bertz CT molecular complexity index is 978. The van der Waals surface area contributed by atoms with Crippen molar-refractivity contribution in [3.63, 3.8) is 0 Å². The molecule has 32 heavy (non-hydrogen) atoms. The van der Waals surface area contributed by atoms with Crippen LogP contribution >= 0.6 is 11.9 Å². The van der Waals surface area contributed by atoms with E-state index >= 15 is 0 Å². The standard InChI is InChI=1S/C18H20N4O2S.C7H8/c23-17(12-20-18(24)13-3-2-10-19-11-13)21-14-6-8-16(9-7-14)25-22-15-4-1-5-15;1-7-5-3-2-4-6-7/h2-3,6-11,15,22H,1,4-5,12H2,(H,20,24)(H,21,23);2-6H,1H3. The average molecular weight is 449 g/mol. The van der Waals surface area contributed by atoms with Gasteiger partial charge in [0.25, 0.3) is 5.91 Å². The highest BCUT2D eigenvalue weighted by Gasteiger charge is 2.16. The number of carbonyl (C=O) groups excluding carboxylic acids is 2. The third-order valence-corrected chi connectivity index (χ3v) is 5.82. The van der Waals surface area contributed by atoms with Gasteiger partial charge in [-0.05, 0) is 68.1 Å². The molecule has 0 bridgehead atoms. The first-order valence-electron chi connectivity index (χ1n) is 10.6. The van der Waals surface area contributed by atoms with Crippen molar-refractivity contribution in [1.82, 2.24) is 15.0 Å². The van der Waals surface area contributed by atoms with Gasteiger partial charge < -0.3 is 10.6 Å². The van der Waals surface area contributed by atoms with Gasteiger partial charge in [-0.25, -0.2) is 0 Å². The summed E-state index contributed by atoms with van der Waals surface area (Å²) in [5, 5.41) is 5.34. The third kappa shape index (κ3) is 8.17. The second kappa shape index (κ2) is 12.6. The summed E-state index contributed by atoms with van der Waals surface area (Å²) in [4.78, 5) is 28.8. The highest BCUT2D eigenvalue weighted by molar-refractivity contribution is 7.97. The Hall–Kier alpha value is -3.16. The molecule has 4 rings (SSSR count). The lowest BCUT2D eigenvalue weighted by Gasteiger charge is -2.25. The van der Waals surface area contributed by atoms with Crippen LogP contribution in [0.4, 0.5) is 5.69 Å². The van der Waals surface area contributed by atoms with E-state index in [0.29, 0.717) is 17.3 Å². The average Bonchev–Trinajstić information content (AvgIpc) is 2.79. The van der Waals surface area contributed by atoms with Gasteiger partial charge in [-0.1, -0.05) is 42.3 Å². The topological polar surface area (TPSA) is 83.1 Å². The minimum atomic E-state index is -0.322. The summed E-state index contributed by atoms with van der Waals surface area (Å²) in [6.07, 6.45) is 6.84. The lowest BCUT2D eigenvalue weighted by Crippen LogP contribution is -2.32. The molecule has 1 aliphatic carbocycles. The molecule has 0 unspecified atom stereocenters. The maximum Gasteiger partial charge on any atom is 0.253 e. The molecule has 0 spiro atoms. The summed E-state index contributed by atoms with van der Waals surface area (Å²) in [7, 11) is 0. The van der Waals surface area contributed by atoms with Crippen molar-refractivity contribution in [2.75, 3.05) is 11.9 Å². The number of aryl methyl sites for hydroxylation is 1. The van der Waals surface area contributed by atoms with Crippen LogP contribution in [-0.4, -0.2) is 29.4 Å². The van der Waals surface area contributed by atoms with Crippen LogP contribution in [0.25, 0.3) is 0 Å². The van der Waals surface area contributed by atoms with Crippen LogP contribution < -0.4 is 15.4 Å². The van der Waals surface area contributed by atoms with E-state index in [1.807, 2.05) is 42.5 Å². The lowest BCUT2D eigenvalue weighted by molar-refractivity contribution is -0.115. The second-order valence-corrected chi connectivity index (χ2v) is 8.41. The Morgan fingerprint density at radius 3 is 2.31 bits per heavy atom. The zero-order valence-electron chi connectivity index (χ0n) is 18.1. The van der Waals surface area contributed by atoms with Gasteiger partial charge in [0.05, 0.1) is 12.1 Å². The summed E-state index contributed by atoms with van der Waals surface area (Å²) in [6, 6.07) is 21.8. The fourth-order valence-electron chi connectivity index (χ4n) is 2.78. The molecular formula is C25H28N4O2S. The molecule has 3 N–H and O–H groups in total. The fraction of sp³-hybridized carbons (Fsp3) is 0.240. The molecular weight excluding hydrogens is 420 g/mol. The summed E-state index contributed by atoms with van der Waals surface area (Å²) >= 11 is 1.62. The molecule has 2 amide bonds. The first-order chi connectivity index (χ1) is 15.6. The van der Waals surface area contributed by atoms with E-state index in [4.69, 9.17) is 0 Å². The quantitative estimate of drug-likeness (QED) is 0.460. The minimum Gasteiger partial charge on any atom is -0.343 e. The molecule has 0 radical (unpaired) electrons. The number of benzene rings is 2. The predicted octanol–water partition coefficient (Wildman–Crippen LogP) is 4.59. The van der Waals surface area contributed by atoms with Crippen LogP contribution in [0.1, 0.15) is 35.2 Å². The number of hydrogen-bond donors (Lipinski definition) is 3. The van der Waals surface area contributed by atoms with Crippen LogP contribution in [0.15, 0.2) is 84.0 Å². The fourth-order valence-corrected chi connectivity index (χ4v) is 3.59. The van der Waals surface area contributed by atoms with E-state index in [-0.39, 0.29) is 18.4 Å². The van der Waals surface area contributed by atoms with Crippen molar-refractivity contribution >= 4 is 29.4 Å². The second-order valence-electron chi connectivity index (χ2n) is 7.50. The normalized spacial score (nSPS) is 12.7. The van der Waals surface area contributed by atoms with E-state index in [2.05, 4.69) is 39.4 Å². The van der Waals surface area contributed by atoms with Crippen molar-refractivity contribution in [2.45, 2.75) is 37.1 Å². The van der Waals surface area contributed by atoms with Crippen LogP contribution in [0.5, 0.6) is 0 Å². The van der Waals surface area contributed by atoms with Crippen molar-refractivity contribution in [3.8, 4) is 0 Å². The summed E-state index contributed by atoms with van der Waals surface area (Å²) in [6.45, 7) is 1.99. The molecule has 166 valence electrons. The van der Waals surface area contributed by atoms with Crippen LogP contribution in [-0.2, 0) is 4.79 Å². The number of hydrogen-bond acceptors (Lipinski definition) is 5. The number of nitrogens with one attached hydrogen (secondary N) is 3. The van der Waals surface area contributed by atoms with Gasteiger partial charge in [0.1, 0.15) is 0 Å². The van der Waals surface area contributed by atoms with E-state index in [1.165, 1.54) is 31.0 Å². The molecule has 3 aromatic rings. The van der Waals surface area contributed by atoms with E-state index < -0.39 is 0 Å². The molecule has 7 heteroatoms. The molecule has 1 aromatic heterocycles. The number of amides is 2. The predicted molar refractivity (Wildman–Crippen MR) is 129 cm³/mol. The van der Waals surface area contributed by atoms with Crippen molar-refractivity contribution in [2.24, 2.45) is 0 Å². The Kier molecular flexibility index (Phi) is 9.28. The maximum atomic E-state index is 11.9. The zero-order chi connectivity index (χ0) is 22.6. The Labute approximate surface area is 193 Å². The maximum absolute atomic E-state index is 11.9. The van der Waals surface area contributed by atoms with Gasteiger partial charge in [0.15, 0.2) is 0 Å². The number of rotatable bonds is 7. The Morgan fingerprint density at radius 1 is 1.00 bits per heavy atom. The molecule has 1 aliphatic rings. The monoisotopic (exact) mass is 448 g/mol. The third-order valence-electron chi connectivity index (χ3n) is 4.86. The molecule has 6 nitrogen and oxygen atoms in total. The van der Waals surface area contributed by atoms with Crippen molar-refractivity contribution in [1.29, 1.82) is 0 Å². The van der Waals surface area contributed by atoms with Gasteiger partial charge in [-0.3, -0.25) is 19.3 Å². The van der Waals surface area contributed by atoms with E-state index in [0.717, 1.165) is 4.90 Å². The minimum absolute atomic E-state index is 0.0898. The van der Waals surface area contributed by atoms with Crippen molar-refractivity contribution in [3.05, 3.63) is 90.3 Å². The van der Waals surface area contributed by atoms with Gasteiger partial charge in [0, 0.05) is 29.0 Å². The number of carbonyl (C=O) groups is 2. The summed E-state index contributed by atoms with van der Waals surface area (Å²) in [5.74, 6) is -0.595. The number of pyridine rings is 1. The molecule has 0 saturated heterocycles. The first-order valence-corrected chi connectivity index (χ1v) is 11.4. The molecule has 1 fully saturated rings. The van der Waals surface area contributed by atoms with Crippen molar-refractivity contribution < 1.29 is 9.59 Å².